The molecule has 5 nitrogen and oxygen atoms in total. The number of rotatable bonds is 2. The summed E-state index contributed by atoms with van der Waals surface area (Å²) in [6, 6.07) is -0.863. The number of methoxy groups -OCH3 is 1. The minimum absolute atomic E-state index is 0.366. The summed E-state index contributed by atoms with van der Waals surface area (Å²) < 4.78 is 4.58. The minimum atomic E-state index is -1.06. The molecule has 5 heteroatoms. The second-order valence-corrected chi connectivity index (χ2v) is 1.98. The maximum atomic E-state index is 10.5. The summed E-state index contributed by atoms with van der Waals surface area (Å²) in [5, 5.41) is 10.5. The van der Waals surface area contributed by atoms with Gasteiger partial charge in [0.25, 0.3) is 5.91 Å². The third-order valence-electron chi connectivity index (χ3n) is 1.38. The maximum Gasteiger partial charge on any atom is 0.329 e. The molecule has 1 heterocycles. The fourth-order valence-corrected chi connectivity index (χ4v) is 0.801. The number of hydrogen-bond donors (Lipinski definition) is 2. The topological polar surface area (TPSA) is 75.6 Å². The maximum absolute atomic E-state index is 10.5. The lowest BCUT2D eigenvalue weighted by Gasteiger charge is -2.31. The molecule has 0 radical (unpaired) electrons. The lowest BCUT2D eigenvalue weighted by Crippen LogP contribution is -2.66. The van der Waals surface area contributed by atoms with E-state index in [1.165, 1.54) is 7.11 Å². The summed E-state index contributed by atoms with van der Waals surface area (Å²) >= 11 is 0. The number of aliphatic carboxylic acids is 1. The highest BCUT2D eigenvalue weighted by Gasteiger charge is 2.44. The molecule has 56 valence electrons. The average Bonchev–Trinajstić information content (AvgIpc) is 1.83. The largest absolute Gasteiger partial charge is 0.480 e. The quantitative estimate of drug-likeness (QED) is 0.468. The summed E-state index contributed by atoms with van der Waals surface area (Å²) in [6.07, 6.45) is -0.808. The van der Waals surface area contributed by atoms with Crippen molar-refractivity contribution in [2.45, 2.75) is 12.1 Å². The molecule has 0 aromatic rings. The molecule has 0 aromatic heterocycles. The predicted octanol–water partition coefficient (Wildman–Crippen LogP) is -1.42. The van der Waals surface area contributed by atoms with E-state index in [-0.39, 0.29) is 5.91 Å². The molecule has 0 aromatic carbocycles. The number of carbonyl (C=O) groups excluding carboxylic acids is 1. The highest BCUT2D eigenvalue weighted by molar-refractivity contribution is 5.98. The molecule has 10 heavy (non-hydrogen) atoms. The van der Waals surface area contributed by atoms with Gasteiger partial charge in [0.2, 0.25) is 0 Å². The van der Waals surface area contributed by atoms with E-state index < -0.39 is 18.1 Å². The van der Waals surface area contributed by atoms with Crippen LogP contribution in [-0.2, 0) is 14.3 Å². The van der Waals surface area contributed by atoms with Gasteiger partial charge < -0.3 is 15.2 Å². The molecular formula is C5H7NO4. The Morgan fingerprint density at radius 1 is 1.80 bits per heavy atom. The molecule has 0 spiro atoms. The standard InChI is InChI=1S/C5H7NO4/c1-10-3-2(5(8)9)6-4(3)7/h2-3H,1H3,(H,6,7)(H,8,9)/t2-,3?/m0/s1. The van der Waals surface area contributed by atoms with Crippen LogP contribution >= 0.6 is 0 Å². The summed E-state index contributed by atoms with van der Waals surface area (Å²) in [6.45, 7) is 0. The van der Waals surface area contributed by atoms with Crippen LogP contribution in [0.25, 0.3) is 0 Å². The Bertz CT molecular complexity index is 170. The minimum Gasteiger partial charge on any atom is -0.480 e. The summed E-state index contributed by atoms with van der Waals surface area (Å²) in [7, 11) is 1.30. The van der Waals surface area contributed by atoms with Crippen LogP contribution in [0.1, 0.15) is 0 Å². The highest BCUT2D eigenvalue weighted by atomic mass is 16.5. The Hall–Kier alpha value is -1.10. The van der Waals surface area contributed by atoms with Gasteiger partial charge in [-0.3, -0.25) is 4.79 Å². The first kappa shape index (κ1) is 7.01. The number of carboxylic acid groups (broad SMARTS) is 1. The first-order chi connectivity index (χ1) is 4.66. The lowest BCUT2D eigenvalue weighted by atomic mass is 10.0. The van der Waals surface area contributed by atoms with Crippen molar-refractivity contribution in [2.75, 3.05) is 7.11 Å². The van der Waals surface area contributed by atoms with Crippen LogP contribution in [0.5, 0.6) is 0 Å². The molecule has 1 saturated heterocycles. The van der Waals surface area contributed by atoms with E-state index >= 15 is 0 Å². The summed E-state index contributed by atoms with van der Waals surface area (Å²) in [5.41, 5.74) is 0. The average molecular weight is 145 g/mol. The number of nitrogens with one attached hydrogen (secondary N) is 1. The predicted molar refractivity (Wildman–Crippen MR) is 30.4 cm³/mol. The third-order valence-corrected chi connectivity index (χ3v) is 1.38. The Morgan fingerprint density at radius 3 is 2.60 bits per heavy atom. The molecule has 1 aliphatic rings. The van der Waals surface area contributed by atoms with Gasteiger partial charge in [-0.1, -0.05) is 0 Å². The Labute approximate surface area is 57.0 Å². The van der Waals surface area contributed by atoms with Crippen LogP contribution in [0.3, 0.4) is 0 Å². The van der Waals surface area contributed by atoms with Crippen LogP contribution in [0.15, 0.2) is 0 Å². The van der Waals surface area contributed by atoms with Gasteiger partial charge in [-0.15, -0.1) is 0 Å². The summed E-state index contributed by atoms with van der Waals surface area (Å²) in [5.74, 6) is -1.43. The molecule has 0 bridgehead atoms. The van der Waals surface area contributed by atoms with Gasteiger partial charge in [-0.25, -0.2) is 4.79 Å². The lowest BCUT2D eigenvalue weighted by molar-refractivity contribution is -0.160. The fraction of sp³-hybridized carbons (Fsp3) is 0.600. The molecule has 0 aliphatic carbocycles. The van der Waals surface area contributed by atoms with Crippen molar-refractivity contribution in [1.82, 2.24) is 5.32 Å². The van der Waals surface area contributed by atoms with Crippen molar-refractivity contribution in [3.05, 3.63) is 0 Å². The van der Waals surface area contributed by atoms with Gasteiger partial charge in [-0.2, -0.15) is 0 Å². The van der Waals surface area contributed by atoms with Crippen LogP contribution in [-0.4, -0.2) is 36.2 Å². The Kier molecular flexibility index (Phi) is 1.58. The molecule has 1 rings (SSSR count). The molecule has 1 aliphatic heterocycles. The van der Waals surface area contributed by atoms with Gasteiger partial charge in [0.1, 0.15) is 0 Å². The Morgan fingerprint density at radius 2 is 2.40 bits per heavy atom. The molecule has 1 amide bonds. The molecule has 2 atom stereocenters. The molecule has 2 N–H and O–H groups in total. The highest BCUT2D eigenvalue weighted by Crippen LogP contribution is 2.08. The van der Waals surface area contributed by atoms with Crippen molar-refractivity contribution in [3.8, 4) is 0 Å². The number of ether oxygens (including phenoxy) is 1. The van der Waals surface area contributed by atoms with Crippen molar-refractivity contribution in [1.29, 1.82) is 0 Å². The van der Waals surface area contributed by atoms with Crippen molar-refractivity contribution in [3.63, 3.8) is 0 Å². The normalized spacial score (nSPS) is 30.7. The van der Waals surface area contributed by atoms with Crippen molar-refractivity contribution >= 4 is 11.9 Å². The van der Waals surface area contributed by atoms with Crippen LogP contribution < -0.4 is 5.32 Å². The molecule has 0 saturated carbocycles. The zero-order valence-corrected chi connectivity index (χ0v) is 5.33. The third kappa shape index (κ3) is 0.841. The molecule has 1 unspecified atom stereocenters. The van der Waals surface area contributed by atoms with E-state index in [1.807, 2.05) is 0 Å². The van der Waals surface area contributed by atoms with E-state index in [9.17, 15) is 9.59 Å². The second kappa shape index (κ2) is 2.26. The number of carbonyl (C=O) groups is 2. The SMILES string of the molecule is COC1C(=O)N[C@@H]1C(=O)O. The van der Waals surface area contributed by atoms with E-state index in [2.05, 4.69) is 10.1 Å². The van der Waals surface area contributed by atoms with E-state index in [1.54, 1.807) is 0 Å². The monoisotopic (exact) mass is 145 g/mol. The van der Waals surface area contributed by atoms with Gasteiger partial charge in [-0.05, 0) is 0 Å². The van der Waals surface area contributed by atoms with Crippen LogP contribution in [0.4, 0.5) is 0 Å². The summed E-state index contributed by atoms with van der Waals surface area (Å²) in [4.78, 5) is 20.7. The van der Waals surface area contributed by atoms with Gasteiger partial charge >= 0.3 is 5.97 Å². The smallest absolute Gasteiger partial charge is 0.329 e. The zero-order chi connectivity index (χ0) is 7.72. The first-order valence-corrected chi connectivity index (χ1v) is 2.73. The van der Waals surface area contributed by atoms with E-state index in [0.29, 0.717) is 0 Å². The zero-order valence-electron chi connectivity index (χ0n) is 5.33. The number of hydrogen-bond acceptors (Lipinski definition) is 3. The fourth-order valence-electron chi connectivity index (χ4n) is 0.801. The van der Waals surface area contributed by atoms with Gasteiger partial charge in [0.05, 0.1) is 0 Å². The Balaban J connectivity index is 2.53. The van der Waals surface area contributed by atoms with E-state index in [0.717, 1.165) is 0 Å². The van der Waals surface area contributed by atoms with Gasteiger partial charge in [0.15, 0.2) is 12.1 Å². The number of carboxylic acids is 1. The first-order valence-electron chi connectivity index (χ1n) is 2.73. The molecular weight excluding hydrogens is 138 g/mol. The van der Waals surface area contributed by atoms with Crippen LogP contribution in [0.2, 0.25) is 0 Å². The second-order valence-electron chi connectivity index (χ2n) is 1.98. The van der Waals surface area contributed by atoms with Crippen molar-refractivity contribution in [2.24, 2.45) is 0 Å². The van der Waals surface area contributed by atoms with E-state index in [4.69, 9.17) is 5.11 Å². The molecule has 1 fully saturated rings. The van der Waals surface area contributed by atoms with Gasteiger partial charge in [0, 0.05) is 7.11 Å². The van der Waals surface area contributed by atoms with Crippen molar-refractivity contribution < 1.29 is 19.4 Å². The number of β-lactam (4-membered cyclic amide) rings is 1. The number of amides is 1. The van der Waals surface area contributed by atoms with Crippen LogP contribution in [0, 0.1) is 0 Å².